The van der Waals surface area contributed by atoms with Crippen molar-refractivity contribution in [3.8, 4) is 5.75 Å². The van der Waals surface area contributed by atoms with Crippen LogP contribution in [0.25, 0.3) is 10.9 Å². The van der Waals surface area contributed by atoms with Gasteiger partial charge in [0.15, 0.2) is 5.75 Å². The van der Waals surface area contributed by atoms with E-state index in [-0.39, 0.29) is 16.7 Å². The topological polar surface area (TPSA) is 83.8 Å². The first-order chi connectivity index (χ1) is 12.4. The van der Waals surface area contributed by atoms with Gasteiger partial charge in [-0.15, -0.1) is 0 Å². The highest BCUT2D eigenvalue weighted by molar-refractivity contribution is 5.85. The molecule has 7 nitrogen and oxygen atoms in total. The highest BCUT2D eigenvalue weighted by atomic mass is 19.1. The molecule has 0 bridgehead atoms. The predicted molar refractivity (Wildman–Crippen MR) is 94.8 cm³/mol. The molecular formula is C18H20FN3O4. The summed E-state index contributed by atoms with van der Waals surface area (Å²) >= 11 is 0. The molecule has 0 spiro atoms. The fourth-order valence-electron chi connectivity index (χ4n) is 3.49. The molecule has 0 amide bonds. The lowest BCUT2D eigenvalue weighted by Gasteiger charge is -2.30. The highest BCUT2D eigenvalue weighted by Crippen LogP contribution is 2.45. The second kappa shape index (κ2) is 5.98. The van der Waals surface area contributed by atoms with Crippen LogP contribution in [0, 0.1) is 5.82 Å². The average Bonchev–Trinajstić information content (AvgIpc) is 3.36. The van der Waals surface area contributed by atoms with Crippen LogP contribution in [0.1, 0.15) is 19.8 Å². The van der Waals surface area contributed by atoms with Gasteiger partial charge in [-0.3, -0.25) is 4.79 Å². The monoisotopic (exact) mass is 361 g/mol. The number of anilines is 1. The van der Waals surface area contributed by atoms with Crippen molar-refractivity contribution < 1.29 is 19.0 Å². The predicted octanol–water partition coefficient (Wildman–Crippen LogP) is 2.12. The number of hydrogen-bond donors (Lipinski definition) is 2. The summed E-state index contributed by atoms with van der Waals surface area (Å²) in [5.41, 5.74) is 0.223. The lowest BCUT2D eigenvalue weighted by atomic mass is 10.1. The van der Waals surface area contributed by atoms with Crippen molar-refractivity contribution >= 4 is 22.7 Å². The molecule has 2 N–H and O–H groups in total. The second-order valence-corrected chi connectivity index (χ2v) is 7.12. The third kappa shape index (κ3) is 2.80. The molecule has 2 aromatic rings. The van der Waals surface area contributed by atoms with E-state index >= 15 is 0 Å². The molecule has 1 aliphatic carbocycles. The zero-order valence-corrected chi connectivity index (χ0v) is 14.4. The minimum Gasteiger partial charge on any atom is -0.449 e. The Morgan fingerprint density at radius 1 is 1.31 bits per heavy atom. The number of halogens is 1. The van der Waals surface area contributed by atoms with Gasteiger partial charge < -0.3 is 24.6 Å². The van der Waals surface area contributed by atoms with Gasteiger partial charge in [-0.1, -0.05) is 0 Å². The van der Waals surface area contributed by atoms with E-state index in [1.165, 1.54) is 12.3 Å². The first-order valence-electron chi connectivity index (χ1n) is 8.65. The molecule has 4 rings (SSSR count). The van der Waals surface area contributed by atoms with E-state index < -0.39 is 17.4 Å². The number of carbonyl (C=O) groups is 1. The van der Waals surface area contributed by atoms with Gasteiger partial charge in [0.2, 0.25) is 5.43 Å². The van der Waals surface area contributed by atoms with E-state index in [1.807, 2.05) is 16.4 Å². The summed E-state index contributed by atoms with van der Waals surface area (Å²) in [5.74, 6) is -0.788. The van der Waals surface area contributed by atoms with E-state index in [0.717, 1.165) is 25.9 Å². The summed E-state index contributed by atoms with van der Waals surface area (Å²) in [6.45, 7) is 4.93. The highest BCUT2D eigenvalue weighted by Gasteiger charge is 2.40. The minimum atomic E-state index is -1.56. The molecular weight excluding hydrogens is 341 g/mol. The number of benzene rings is 1. The number of piperazine rings is 1. The molecule has 1 saturated heterocycles. The van der Waals surface area contributed by atoms with Gasteiger partial charge in [0, 0.05) is 31.7 Å². The zero-order chi connectivity index (χ0) is 18.5. The van der Waals surface area contributed by atoms with Crippen LogP contribution in [0.15, 0.2) is 23.1 Å². The average molecular weight is 361 g/mol. The second-order valence-electron chi connectivity index (χ2n) is 7.12. The first-order valence-corrected chi connectivity index (χ1v) is 8.65. The molecule has 0 radical (unpaired) electrons. The standard InChI is InChI=1S/C18H20FN3O4/c1-18(2-3-18)22-10-15(26-17(24)25)16(23)11-8-12(19)14(9-13(11)22)21-6-4-20-5-7-21/h8-10,20H,2-7H2,1H3,(H,24,25). The van der Waals surface area contributed by atoms with Crippen molar-refractivity contribution in [2.24, 2.45) is 0 Å². The molecule has 2 fully saturated rings. The molecule has 1 saturated carbocycles. The number of ether oxygens (including phenoxy) is 1. The van der Waals surface area contributed by atoms with Gasteiger partial charge in [0.1, 0.15) is 5.82 Å². The Labute approximate surface area is 149 Å². The van der Waals surface area contributed by atoms with Crippen LogP contribution < -0.4 is 20.4 Å². The Morgan fingerprint density at radius 3 is 2.62 bits per heavy atom. The van der Waals surface area contributed by atoms with Gasteiger partial charge in [-0.2, -0.15) is 0 Å². The summed E-state index contributed by atoms with van der Waals surface area (Å²) in [5, 5.41) is 12.2. The summed E-state index contributed by atoms with van der Waals surface area (Å²) in [4.78, 5) is 25.5. The first kappa shape index (κ1) is 16.8. The molecule has 0 unspecified atom stereocenters. The number of nitrogens with zero attached hydrogens (tertiary/aromatic N) is 2. The van der Waals surface area contributed by atoms with E-state index in [2.05, 4.69) is 10.1 Å². The third-order valence-electron chi connectivity index (χ3n) is 5.25. The van der Waals surface area contributed by atoms with Crippen molar-refractivity contribution in [2.45, 2.75) is 25.3 Å². The quantitative estimate of drug-likeness (QED) is 0.815. The van der Waals surface area contributed by atoms with E-state index in [4.69, 9.17) is 5.11 Å². The minimum absolute atomic E-state index is 0.133. The Morgan fingerprint density at radius 2 is 2.00 bits per heavy atom. The summed E-state index contributed by atoms with van der Waals surface area (Å²) in [6, 6.07) is 2.90. The third-order valence-corrected chi connectivity index (χ3v) is 5.25. The van der Waals surface area contributed by atoms with E-state index in [0.29, 0.717) is 24.3 Å². The maximum absolute atomic E-state index is 14.8. The normalized spacial score (nSPS) is 18.8. The Hall–Kier alpha value is -2.61. The number of aromatic nitrogens is 1. The van der Waals surface area contributed by atoms with Crippen molar-refractivity contribution in [1.29, 1.82) is 0 Å². The maximum atomic E-state index is 14.8. The molecule has 2 aliphatic rings. The molecule has 8 heteroatoms. The Kier molecular flexibility index (Phi) is 3.87. The van der Waals surface area contributed by atoms with E-state index in [1.54, 1.807) is 6.07 Å². The van der Waals surface area contributed by atoms with Gasteiger partial charge in [-0.25, -0.2) is 9.18 Å². The van der Waals surface area contributed by atoms with Crippen molar-refractivity contribution in [1.82, 2.24) is 9.88 Å². The molecule has 0 atom stereocenters. The van der Waals surface area contributed by atoms with Gasteiger partial charge in [0.25, 0.3) is 0 Å². The van der Waals surface area contributed by atoms with Crippen LogP contribution in [0.2, 0.25) is 0 Å². The lowest BCUT2D eigenvalue weighted by molar-refractivity contribution is 0.143. The summed E-state index contributed by atoms with van der Waals surface area (Å²) in [6.07, 6.45) is 1.67. The van der Waals surface area contributed by atoms with Crippen LogP contribution in [0.3, 0.4) is 0 Å². The largest absolute Gasteiger partial charge is 0.511 e. The number of rotatable bonds is 3. The van der Waals surface area contributed by atoms with Gasteiger partial charge >= 0.3 is 6.16 Å². The van der Waals surface area contributed by atoms with Crippen LogP contribution in [-0.2, 0) is 5.54 Å². The number of nitrogens with one attached hydrogen (secondary N) is 1. The molecule has 138 valence electrons. The number of hydrogen-bond acceptors (Lipinski definition) is 5. The van der Waals surface area contributed by atoms with Gasteiger partial charge in [0.05, 0.1) is 22.8 Å². The zero-order valence-electron chi connectivity index (χ0n) is 14.4. The van der Waals surface area contributed by atoms with Crippen molar-refractivity contribution in [3.05, 3.63) is 34.4 Å². The molecule has 1 aromatic carbocycles. The lowest BCUT2D eigenvalue weighted by Crippen LogP contribution is -2.44. The fraction of sp³-hybridized carbons (Fsp3) is 0.444. The molecule has 2 heterocycles. The summed E-state index contributed by atoms with van der Waals surface area (Å²) < 4.78 is 21.3. The van der Waals surface area contributed by atoms with Crippen molar-refractivity contribution in [3.63, 3.8) is 0 Å². The smallest absolute Gasteiger partial charge is 0.449 e. The summed E-state index contributed by atoms with van der Waals surface area (Å²) in [7, 11) is 0. The van der Waals surface area contributed by atoms with E-state index in [9.17, 15) is 14.0 Å². The molecule has 1 aromatic heterocycles. The molecule has 1 aliphatic heterocycles. The van der Waals surface area contributed by atoms with Gasteiger partial charge in [-0.05, 0) is 31.9 Å². The van der Waals surface area contributed by atoms with Crippen LogP contribution >= 0.6 is 0 Å². The fourth-order valence-corrected chi connectivity index (χ4v) is 3.49. The maximum Gasteiger partial charge on any atom is 0.511 e. The SMILES string of the molecule is CC1(n2cc(OC(=O)O)c(=O)c3cc(F)c(N4CCNCC4)cc32)CC1. The molecule has 26 heavy (non-hydrogen) atoms. The Bertz CT molecular complexity index is 946. The number of fused-ring (bicyclic) bond motifs is 1. The van der Waals surface area contributed by atoms with Crippen LogP contribution in [0.5, 0.6) is 5.75 Å². The van der Waals surface area contributed by atoms with Crippen LogP contribution in [-0.4, -0.2) is 42.0 Å². The van der Waals surface area contributed by atoms with Crippen LogP contribution in [0.4, 0.5) is 14.9 Å². The Balaban J connectivity index is 1.94. The van der Waals surface area contributed by atoms with Crippen molar-refractivity contribution in [2.75, 3.05) is 31.1 Å². The number of carboxylic acid groups (broad SMARTS) is 1. The number of pyridine rings is 1.